The van der Waals surface area contributed by atoms with Crippen LogP contribution < -0.4 is 10.6 Å². The van der Waals surface area contributed by atoms with Crippen LogP contribution in [0.15, 0.2) is 48.0 Å². The zero-order chi connectivity index (χ0) is 25.2. The smallest absolute Gasteiger partial charge is 0.178 e. The van der Waals surface area contributed by atoms with Gasteiger partial charge in [0.1, 0.15) is 17.1 Å². The van der Waals surface area contributed by atoms with Crippen LogP contribution >= 0.6 is 22.9 Å². The van der Waals surface area contributed by atoms with Crippen molar-refractivity contribution in [3.63, 3.8) is 0 Å². The summed E-state index contributed by atoms with van der Waals surface area (Å²) in [6.45, 7) is 8.01. The van der Waals surface area contributed by atoms with Gasteiger partial charge < -0.3 is 9.67 Å². The first-order valence-corrected chi connectivity index (χ1v) is 13.1. The molecule has 0 radical (unpaired) electrons. The summed E-state index contributed by atoms with van der Waals surface area (Å²) >= 11 is 7.89. The number of hydrogen-bond donors (Lipinski definition) is 3. The second kappa shape index (κ2) is 10.6. The number of rotatable bonds is 9. The van der Waals surface area contributed by atoms with Gasteiger partial charge in [-0.15, -0.1) is 21.5 Å². The predicted molar refractivity (Wildman–Crippen MR) is 142 cm³/mol. The van der Waals surface area contributed by atoms with Crippen molar-refractivity contribution >= 4 is 28.6 Å². The average molecular weight is 525 g/mol. The molecule has 36 heavy (non-hydrogen) atoms. The van der Waals surface area contributed by atoms with Crippen LogP contribution in [0, 0.1) is 20.8 Å². The number of fused-ring (bicyclic) bond motifs is 3. The number of aromatic nitrogens is 5. The topological polar surface area (TPSA) is 105 Å². The van der Waals surface area contributed by atoms with Crippen molar-refractivity contribution in [1.29, 1.82) is 0 Å². The van der Waals surface area contributed by atoms with Crippen molar-refractivity contribution in [2.45, 2.75) is 46.1 Å². The third-order valence-electron chi connectivity index (χ3n) is 6.31. The number of benzene rings is 1. The molecule has 1 aliphatic heterocycles. The molecule has 0 saturated carbocycles. The highest BCUT2D eigenvalue weighted by Crippen LogP contribution is 2.38. The van der Waals surface area contributed by atoms with Crippen molar-refractivity contribution in [3.8, 4) is 5.00 Å². The zero-order valence-electron chi connectivity index (χ0n) is 20.4. The van der Waals surface area contributed by atoms with Gasteiger partial charge in [0.25, 0.3) is 0 Å². The van der Waals surface area contributed by atoms with Gasteiger partial charge >= 0.3 is 0 Å². The van der Waals surface area contributed by atoms with Crippen molar-refractivity contribution in [2.75, 3.05) is 13.1 Å². The molecule has 1 aromatic carbocycles. The van der Waals surface area contributed by atoms with Crippen molar-refractivity contribution < 1.29 is 5.11 Å². The molecule has 4 aromatic rings. The van der Waals surface area contributed by atoms with E-state index in [1.807, 2.05) is 42.0 Å². The fourth-order valence-corrected chi connectivity index (χ4v) is 5.65. The number of halogens is 1. The normalized spacial score (nSPS) is 15.8. The molecule has 2 unspecified atom stereocenters. The number of nitrogens with one attached hydrogen (secondary N) is 2. The fourth-order valence-electron chi connectivity index (χ4n) is 4.31. The van der Waals surface area contributed by atoms with Gasteiger partial charge in [-0.3, -0.25) is 20.2 Å². The number of aryl methyl sites for hydroxylation is 3. The summed E-state index contributed by atoms with van der Waals surface area (Å²) in [7, 11) is 0. The van der Waals surface area contributed by atoms with Crippen LogP contribution in [0.3, 0.4) is 0 Å². The summed E-state index contributed by atoms with van der Waals surface area (Å²) in [6.07, 6.45) is 5.14. The highest BCUT2D eigenvalue weighted by atomic mass is 35.5. The second-order valence-corrected chi connectivity index (χ2v) is 10.5. The molecule has 0 spiro atoms. The highest BCUT2D eigenvalue weighted by Gasteiger charge is 2.31. The van der Waals surface area contributed by atoms with E-state index in [1.54, 1.807) is 23.9 Å². The first-order valence-electron chi connectivity index (χ1n) is 11.9. The third kappa shape index (κ3) is 5.00. The maximum atomic E-state index is 10.6. The van der Waals surface area contributed by atoms with Gasteiger partial charge in [0, 0.05) is 46.5 Å². The molecule has 5 rings (SSSR count). The van der Waals surface area contributed by atoms with E-state index in [0.29, 0.717) is 23.9 Å². The molecule has 1 aliphatic rings. The predicted octanol–water partition coefficient (Wildman–Crippen LogP) is 3.54. The molecule has 0 aliphatic carbocycles. The van der Waals surface area contributed by atoms with Gasteiger partial charge in [-0.1, -0.05) is 23.7 Å². The Hall–Kier alpha value is -2.89. The molecule has 4 heterocycles. The summed E-state index contributed by atoms with van der Waals surface area (Å²) in [5.41, 5.74) is 4.10. The van der Waals surface area contributed by atoms with Gasteiger partial charge in [0.15, 0.2) is 12.0 Å². The quantitative estimate of drug-likeness (QED) is 0.228. The van der Waals surface area contributed by atoms with Crippen LogP contribution in [0.1, 0.15) is 45.8 Å². The SMILES string of the molecule is Cc1sc2c(c1C)C(c1ccc(Cl)cc1)=NC(NCC(O)NCCCn1ccnc1)c1nnc(C)n1-2. The van der Waals surface area contributed by atoms with Crippen LogP contribution in [0.25, 0.3) is 5.00 Å². The highest BCUT2D eigenvalue weighted by molar-refractivity contribution is 7.15. The lowest BCUT2D eigenvalue weighted by Crippen LogP contribution is -2.40. The maximum absolute atomic E-state index is 10.6. The number of nitrogens with zero attached hydrogens (tertiary/aromatic N) is 6. The Bertz CT molecular complexity index is 1360. The largest absolute Gasteiger partial charge is 0.377 e. The molecule has 0 saturated heterocycles. The molecule has 0 amide bonds. The Morgan fingerprint density at radius 1 is 1.17 bits per heavy atom. The molecule has 3 aromatic heterocycles. The summed E-state index contributed by atoms with van der Waals surface area (Å²) in [4.78, 5) is 10.4. The number of aliphatic hydroxyl groups is 1. The first kappa shape index (κ1) is 24.8. The van der Waals surface area contributed by atoms with E-state index in [1.165, 1.54) is 10.4 Å². The van der Waals surface area contributed by atoms with E-state index < -0.39 is 12.4 Å². The van der Waals surface area contributed by atoms with Crippen molar-refractivity contribution in [2.24, 2.45) is 4.99 Å². The molecule has 0 fully saturated rings. The fraction of sp³-hybridized carbons (Fsp3) is 0.360. The van der Waals surface area contributed by atoms with Crippen LogP contribution in [-0.2, 0) is 6.54 Å². The van der Waals surface area contributed by atoms with Gasteiger partial charge in [-0.25, -0.2) is 4.98 Å². The van der Waals surface area contributed by atoms with Crippen molar-refractivity contribution in [3.05, 3.63) is 81.2 Å². The van der Waals surface area contributed by atoms with E-state index in [-0.39, 0.29) is 0 Å². The van der Waals surface area contributed by atoms with E-state index in [4.69, 9.17) is 16.6 Å². The molecule has 3 N–H and O–H groups in total. The second-order valence-electron chi connectivity index (χ2n) is 8.82. The Morgan fingerprint density at radius 3 is 2.72 bits per heavy atom. The molecule has 11 heteroatoms. The average Bonchev–Trinajstić information content (AvgIpc) is 3.56. The maximum Gasteiger partial charge on any atom is 0.178 e. The lowest BCUT2D eigenvalue weighted by Gasteiger charge is -2.18. The van der Waals surface area contributed by atoms with E-state index >= 15 is 0 Å². The van der Waals surface area contributed by atoms with Crippen LogP contribution in [0.5, 0.6) is 0 Å². The number of aliphatic imine (C=N–C) groups is 1. The van der Waals surface area contributed by atoms with Gasteiger partial charge in [-0.05, 0) is 51.4 Å². The number of imidazole rings is 1. The van der Waals surface area contributed by atoms with Crippen LogP contribution in [-0.4, -0.2) is 54.5 Å². The Morgan fingerprint density at radius 2 is 1.97 bits per heavy atom. The lowest BCUT2D eigenvalue weighted by molar-refractivity contribution is 0.130. The molecule has 188 valence electrons. The van der Waals surface area contributed by atoms with Crippen LogP contribution in [0.2, 0.25) is 5.02 Å². The Balaban J connectivity index is 1.39. The Labute approximate surface area is 218 Å². The minimum absolute atomic E-state index is 0.296. The summed E-state index contributed by atoms with van der Waals surface area (Å²) in [6, 6.07) is 7.74. The molecular weight excluding hydrogens is 496 g/mol. The van der Waals surface area contributed by atoms with Crippen molar-refractivity contribution in [1.82, 2.24) is 34.9 Å². The molecule has 2 atom stereocenters. The van der Waals surface area contributed by atoms with Gasteiger partial charge in [-0.2, -0.15) is 0 Å². The molecule has 9 nitrogen and oxygen atoms in total. The number of hydrogen-bond acceptors (Lipinski definition) is 8. The van der Waals surface area contributed by atoms with Gasteiger partial charge in [0.05, 0.1) is 12.0 Å². The summed E-state index contributed by atoms with van der Waals surface area (Å²) in [5.74, 6) is 1.50. The van der Waals surface area contributed by atoms with Gasteiger partial charge in [0.2, 0.25) is 0 Å². The van der Waals surface area contributed by atoms with E-state index in [0.717, 1.165) is 40.6 Å². The molecular formula is C25H29ClN8OS. The van der Waals surface area contributed by atoms with E-state index in [9.17, 15) is 5.11 Å². The number of thiophene rings is 1. The minimum Gasteiger partial charge on any atom is -0.377 e. The number of aliphatic hydroxyl groups excluding tert-OH is 1. The summed E-state index contributed by atoms with van der Waals surface area (Å²) < 4.78 is 4.09. The minimum atomic E-state index is -0.735. The zero-order valence-corrected chi connectivity index (χ0v) is 22.0. The standard InChI is InChI=1S/C25H29ClN8OS/c1-15-16(2)36-25-21(15)22(18-5-7-19(26)8-6-18)30-23(24-32-31-17(3)34(24)25)29-13-20(35)28-9-4-11-33-12-10-27-14-33/h5-8,10,12,14,20,23,28-29,35H,4,9,11,13H2,1-3H3. The lowest BCUT2D eigenvalue weighted by atomic mass is 10.00. The summed E-state index contributed by atoms with van der Waals surface area (Å²) in [5, 5.41) is 27.7. The third-order valence-corrected chi connectivity index (χ3v) is 7.76. The Kier molecular flexibility index (Phi) is 7.31. The monoisotopic (exact) mass is 524 g/mol. The first-order chi connectivity index (χ1) is 17.4. The van der Waals surface area contributed by atoms with Crippen LogP contribution in [0.4, 0.5) is 0 Å². The van der Waals surface area contributed by atoms with E-state index in [2.05, 4.69) is 44.2 Å². The molecule has 0 bridgehead atoms.